The van der Waals surface area contributed by atoms with Crippen molar-refractivity contribution in [3.05, 3.63) is 29.3 Å². The summed E-state index contributed by atoms with van der Waals surface area (Å²) in [4.78, 5) is 14.4. The third kappa shape index (κ3) is 2.50. The van der Waals surface area contributed by atoms with Crippen LogP contribution in [0.1, 0.15) is 42.6 Å². The number of hydrogen-bond donors (Lipinski definition) is 1. The maximum atomic E-state index is 12.4. The first-order valence-electron chi connectivity index (χ1n) is 6.55. The average Bonchev–Trinajstić information content (AvgIpc) is 2.32. The number of para-hydroxylation sites is 1. The number of nitrogens with zero attached hydrogens (tertiary/aromatic N) is 1. The minimum Gasteiger partial charge on any atom is -0.398 e. The molecule has 1 aliphatic rings. The number of benzene rings is 1. The molecule has 1 fully saturated rings. The van der Waals surface area contributed by atoms with E-state index in [1.807, 2.05) is 30.0 Å². The molecule has 1 amide bonds. The number of aryl methyl sites for hydroxylation is 1. The topological polar surface area (TPSA) is 46.3 Å². The van der Waals surface area contributed by atoms with Gasteiger partial charge >= 0.3 is 0 Å². The van der Waals surface area contributed by atoms with Gasteiger partial charge in [-0.1, -0.05) is 26.0 Å². The smallest absolute Gasteiger partial charge is 0.255 e. The number of nitrogen functional groups attached to an aromatic ring is 1. The van der Waals surface area contributed by atoms with Crippen LogP contribution in [-0.4, -0.2) is 23.9 Å². The zero-order chi connectivity index (χ0) is 13.3. The molecule has 3 heteroatoms. The number of carbonyl (C=O) groups is 1. The van der Waals surface area contributed by atoms with E-state index < -0.39 is 0 Å². The van der Waals surface area contributed by atoms with Gasteiger partial charge in [-0.2, -0.15) is 0 Å². The molecular weight excluding hydrogens is 224 g/mol. The van der Waals surface area contributed by atoms with Crippen molar-refractivity contribution in [2.45, 2.75) is 33.6 Å². The van der Waals surface area contributed by atoms with Crippen LogP contribution >= 0.6 is 0 Å². The van der Waals surface area contributed by atoms with E-state index in [0.29, 0.717) is 16.7 Å². The van der Waals surface area contributed by atoms with Crippen molar-refractivity contribution in [3.63, 3.8) is 0 Å². The Morgan fingerprint density at radius 2 is 1.89 bits per heavy atom. The number of amides is 1. The Labute approximate surface area is 109 Å². The lowest BCUT2D eigenvalue weighted by atomic mass is 9.82. The summed E-state index contributed by atoms with van der Waals surface area (Å²) in [6, 6.07) is 5.66. The first-order valence-corrected chi connectivity index (χ1v) is 6.55. The molecule has 0 saturated carbocycles. The Kier molecular flexibility index (Phi) is 3.33. The number of hydrogen-bond acceptors (Lipinski definition) is 2. The number of nitrogens with two attached hydrogens (primary N) is 1. The van der Waals surface area contributed by atoms with Crippen LogP contribution in [0.15, 0.2) is 18.2 Å². The highest BCUT2D eigenvalue weighted by molar-refractivity contribution is 5.99. The SMILES string of the molecule is Cc1cccc(C(=O)N2CCC(C)(C)CC2)c1N. The number of anilines is 1. The Morgan fingerprint density at radius 3 is 2.50 bits per heavy atom. The van der Waals surface area contributed by atoms with E-state index in [-0.39, 0.29) is 5.91 Å². The van der Waals surface area contributed by atoms with Gasteiger partial charge in [0, 0.05) is 18.8 Å². The van der Waals surface area contributed by atoms with Crippen molar-refractivity contribution < 1.29 is 4.79 Å². The van der Waals surface area contributed by atoms with Crippen LogP contribution in [0.4, 0.5) is 5.69 Å². The van der Waals surface area contributed by atoms with Crippen molar-refractivity contribution in [3.8, 4) is 0 Å². The lowest BCUT2D eigenvalue weighted by Crippen LogP contribution is -2.41. The van der Waals surface area contributed by atoms with Crippen LogP contribution in [0, 0.1) is 12.3 Å². The van der Waals surface area contributed by atoms with E-state index in [4.69, 9.17) is 5.73 Å². The van der Waals surface area contributed by atoms with Crippen molar-refractivity contribution in [1.29, 1.82) is 0 Å². The zero-order valence-electron chi connectivity index (χ0n) is 11.5. The van der Waals surface area contributed by atoms with E-state index >= 15 is 0 Å². The van der Waals surface area contributed by atoms with Gasteiger partial charge in [0.1, 0.15) is 0 Å². The Morgan fingerprint density at radius 1 is 1.28 bits per heavy atom. The van der Waals surface area contributed by atoms with Gasteiger partial charge in [-0.15, -0.1) is 0 Å². The summed E-state index contributed by atoms with van der Waals surface area (Å²) < 4.78 is 0. The summed E-state index contributed by atoms with van der Waals surface area (Å²) in [6.07, 6.45) is 2.12. The minimum atomic E-state index is 0.0756. The highest BCUT2D eigenvalue weighted by Crippen LogP contribution is 2.31. The fraction of sp³-hybridized carbons (Fsp3) is 0.533. The molecule has 0 atom stereocenters. The van der Waals surface area contributed by atoms with Crippen LogP contribution in [-0.2, 0) is 0 Å². The third-order valence-corrected chi connectivity index (χ3v) is 3.96. The average molecular weight is 246 g/mol. The maximum absolute atomic E-state index is 12.4. The monoisotopic (exact) mass is 246 g/mol. The second-order valence-corrected chi connectivity index (χ2v) is 5.99. The number of carbonyl (C=O) groups excluding carboxylic acids is 1. The Hall–Kier alpha value is -1.51. The van der Waals surface area contributed by atoms with E-state index in [1.54, 1.807) is 0 Å². The van der Waals surface area contributed by atoms with Crippen LogP contribution < -0.4 is 5.73 Å². The van der Waals surface area contributed by atoms with E-state index in [1.165, 1.54) is 0 Å². The minimum absolute atomic E-state index is 0.0756. The second-order valence-electron chi connectivity index (χ2n) is 5.99. The van der Waals surface area contributed by atoms with Gasteiger partial charge in [0.2, 0.25) is 0 Å². The maximum Gasteiger partial charge on any atom is 0.255 e. The second kappa shape index (κ2) is 4.63. The van der Waals surface area contributed by atoms with Gasteiger partial charge in [-0.3, -0.25) is 4.79 Å². The van der Waals surface area contributed by atoms with Crippen LogP contribution in [0.3, 0.4) is 0 Å². The number of piperidine rings is 1. The number of likely N-dealkylation sites (tertiary alicyclic amines) is 1. The van der Waals surface area contributed by atoms with Gasteiger partial charge in [0.15, 0.2) is 0 Å². The quantitative estimate of drug-likeness (QED) is 0.774. The van der Waals surface area contributed by atoms with Gasteiger partial charge < -0.3 is 10.6 Å². The Bertz CT molecular complexity index is 456. The fourth-order valence-electron chi connectivity index (χ4n) is 2.35. The summed E-state index contributed by atoms with van der Waals surface area (Å²) in [7, 11) is 0. The molecule has 1 aromatic carbocycles. The lowest BCUT2D eigenvalue weighted by molar-refractivity contribution is 0.0631. The largest absolute Gasteiger partial charge is 0.398 e. The lowest BCUT2D eigenvalue weighted by Gasteiger charge is -2.37. The van der Waals surface area contributed by atoms with E-state index in [2.05, 4.69) is 13.8 Å². The molecule has 2 rings (SSSR count). The molecule has 98 valence electrons. The van der Waals surface area contributed by atoms with Crippen molar-refractivity contribution in [2.75, 3.05) is 18.8 Å². The summed E-state index contributed by atoms with van der Waals surface area (Å²) in [6.45, 7) is 8.12. The molecule has 3 nitrogen and oxygen atoms in total. The van der Waals surface area contributed by atoms with Crippen LogP contribution in [0.25, 0.3) is 0 Å². The molecule has 0 bridgehead atoms. The molecule has 1 aromatic rings. The predicted octanol–water partition coefficient (Wildman–Crippen LogP) is 2.84. The molecule has 0 aromatic heterocycles. The molecule has 0 radical (unpaired) electrons. The van der Waals surface area contributed by atoms with Crippen molar-refractivity contribution in [2.24, 2.45) is 5.41 Å². The molecule has 18 heavy (non-hydrogen) atoms. The highest BCUT2D eigenvalue weighted by Gasteiger charge is 2.28. The molecule has 2 N–H and O–H groups in total. The molecule has 1 aliphatic heterocycles. The van der Waals surface area contributed by atoms with Gasteiger partial charge in [0.25, 0.3) is 5.91 Å². The third-order valence-electron chi connectivity index (χ3n) is 3.96. The predicted molar refractivity (Wildman–Crippen MR) is 74.5 cm³/mol. The molecule has 0 spiro atoms. The summed E-state index contributed by atoms with van der Waals surface area (Å²) in [5.41, 5.74) is 8.59. The van der Waals surface area contributed by atoms with E-state index in [9.17, 15) is 4.79 Å². The first kappa shape index (κ1) is 12.9. The van der Waals surface area contributed by atoms with Crippen LogP contribution in [0.5, 0.6) is 0 Å². The Balaban J connectivity index is 2.15. The van der Waals surface area contributed by atoms with Gasteiger partial charge in [-0.25, -0.2) is 0 Å². The van der Waals surface area contributed by atoms with Gasteiger partial charge in [0.05, 0.1) is 5.56 Å². The molecule has 1 saturated heterocycles. The summed E-state index contributed by atoms with van der Waals surface area (Å²) >= 11 is 0. The van der Waals surface area contributed by atoms with Crippen molar-refractivity contribution >= 4 is 11.6 Å². The molecule has 0 unspecified atom stereocenters. The normalized spacial score (nSPS) is 18.7. The zero-order valence-corrected chi connectivity index (χ0v) is 11.5. The number of rotatable bonds is 1. The van der Waals surface area contributed by atoms with Crippen molar-refractivity contribution in [1.82, 2.24) is 4.90 Å². The van der Waals surface area contributed by atoms with Crippen LogP contribution in [0.2, 0.25) is 0 Å². The van der Waals surface area contributed by atoms with Gasteiger partial charge in [-0.05, 0) is 36.8 Å². The highest BCUT2D eigenvalue weighted by atomic mass is 16.2. The summed E-state index contributed by atoms with van der Waals surface area (Å²) in [5, 5.41) is 0. The molecular formula is C15H22N2O. The standard InChI is InChI=1S/C15H22N2O/c1-11-5-4-6-12(13(11)16)14(18)17-9-7-15(2,3)8-10-17/h4-6H,7-10,16H2,1-3H3. The fourth-order valence-corrected chi connectivity index (χ4v) is 2.35. The summed E-state index contributed by atoms with van der Waals surface area (Å²) in [5.74, 6) is 0.0756. The first-order chi connectivity index (χ1) is 8.41. The molecule has 1 heterocycles. The molecule has 0 aliphatic carbocycles. The van der Waals surface area contributed by atoms with E-state index in [0.717, 1.165) is 31.5 Å².